The van der Waals surface area contributed by atoms with Gasteiger partial charge in [0.05, 0.1) is 5.75 Å². The molecule has 0 atom stereocenters. The van der Waals surface area contributed by atoms with Crippen molar-refractivity contribution in [2.75, 3.05) is 23.0 Å². The number of anilines is 2. The number of hydrogen-bond acceptors (Lipinski definition) is 7. The third-order valence-corrected chi connectivity index (χ3v) is 5.52. The van der Waals surface area contributed by atoms with Crippen molar-refractivity contribution in [3.8, 4) is 5.75 Å². The fourth-order valence-electron chi connectivity index (χ4n) is 2.01. The molecule has 0 radical (unpaired) electrons. The van der Waals surface area contributed by atoms with Crippen LogP contribution in [0, 0.1) is 5.82 Å². The lowest BCUT2D eigenvalue weighted by Gasteiger charge is -2.05. The first-order valence-electron chi connectivity index (χ1n) is 8.18. The number of benzene rings is 2. The van der Waals surface area contributed by atoms with Gasteiger partial charge in [0.15, 0.2) is 10.9 Å². The molecule has 29 heavy (non-hydrogen) atoms. The number of halogens is 2. The molecule has 0 saturated heterocycles. The summed E-state index contributed by atoms with van der Waals surface area (Å²) in [6.07, 6.45) is 0. The van der Waals surface area contributed by atoms with E-state index in [1.165, 1.54) is 36.0 Å². The van der Waals surface area contributed by atoms with Crippen molar-refractivity contribution in [3.63, 3.8) is 0 Å². The van der Waals surface area contributed by atoms with Crippen LogP contribution in [-0.4, -0.2) is 34.4 Å². The van der Waals surface area contributed by atoms with E-state index in [1.807, 2.05) is 0 Å². The Morgan fingerprint density at radius 3 is 2.48 bits per heavy atom. The standard InChI is InChI=1S/C18H14ClFN4O3S2/c19-11-1-7-14(8-2-11)27-9-15(25)22-17-23-24-18(29-17)28-10-16(26)21-13-5-3-12(20)4-6-13/h1-8H,9-10H2,(H,21,26)(H,22,23,25). The maximum atomic E-state index is 12.9. The van der Waals surface area contributed by atoms with Crippen LogP contribution in [0.15, 0.2) is 52.9 Å². The van der Waals surface area contributed by atoms with Gasteiger partial charge < -0.3 is 10.1 Å². The smallest absolute Gasteiger partial charge is 0.264 e. The summed E-state index contributed by atoms with van der Waals surface area (Å²) in [5, 5.41) is 13.9. The molecule has 2 amide bonds. The molecule has 1 aromatic heterocycles. The molecule has 0 bridgehead atoms. The first-order valence-corrected chi connectivity index (χ1v) is 10.4. The van der Waals surface area contributed by atoms with Gasteiger partial charge >= 0.3 is 0 Å². The van der Waals surface area contributed by atoms with Crippen molar-refractivity contribution in [2.45, 2.75) is 4.34 Å². The van der Waals surface area contributed by atoms with Gasteiger partial charge in [-0.1, -0.05) is 34.7 Å². The number of nitrogens with one attached hydrogen (secondary N) is 2. The summed E-state index contributed by atoms with van der Waals surface area (Å²) in [5.74, 6) is -0.412. The summed E-state index contributed by atoms with van der Waals surface area (Å²) in [6.45, 7) is -0.191. The molecule has 2 aromatic carbocycles. The molecule has 3 rings (SSSR count). The number of nitrogens with zero attached hydrogens (tertiary/aromatic N) is 2. The Bertz CT molecular complexity index is 984. The fourth-order valence-corrected chi connectivity index (χ4v) is 3.71. The minimum atomic E-state index is -0.387. The zero-order chi connectivity index (χ0) is 20.6. The summed E-state index contributed by atoms with van der Waals surface area (Å²) in [4.78, 5) is 23.9. The molecule has 0 unspecified atom stereocenters. The monoisotopic (exact) mass is 452 g/mol. The molecule has 7 nitrogen and oxygen atoms in total. The second kappa shape index (κ2) is 10.2. The van der Waals surface area contributed by atoms with E-state index in [-0.39, 0.29) is 30.0 Å². The van der Waals surface area contributed by atoms with Crippen LogP contribution in [0.3, 0.4) is 0 Å². The van der Waals surface area contributed by atoms with Crippen molar-refractivity contribution in [1.82, 2.24) is 10.2 Å². The second-order valence-corrected chi connectivity index (χ2v) is 8.14. The lowest BCUT2D eigenvalue weighted by Crippen LogP contribution is -2.20. The van der Waals surface area contributed by atoms with Crippen LogP contribution in [0.4, 0.5) is 15.2 Å². The zero-order valence-electron chi connectivity index (χ0n) is 14.7. The van der Waals surface area contributed by atoms with Gasteiger partial charge in [0.25, 0.3) is 5.91 Å². The van der Waals surface area contributed by atoms with Crippen molar-refractivity contribution in [3.05, 3.63) is 59.4 Å². The molecule has 11 heteroatoms. The number of thioether (sulfide) groups is 1. The van der Waals surface area contributed by atoms with Crippen molar-refractivity contribution >= 4 is 57.3 Å². The van der Waals surface area contributed by atoms with E-state index in [4.69, 9.17) is 16.3 Å². The Labute approximate surface area is 178 Å². The second-order valence-electron chi connectivity index (χ2n) is 5.51. The van der Waals surface area contributed by atoms with Crippen LogP contribution >= 0.6 is 34.7 Å². The lowest BCUT2D eigenvalue weighted by atomic mass is 10.3. The highest BCUT2D eigenvalue weighted by Crippen LogP contribution is 2.25. The van der Waals surface area contributed by atoms with Gasteiger partial charge in [-0.15, -0.1) is 10.2 Å². The predicted octanol–water partition coefficient (Wildman–Crippen LogP) is 4.08. The Morgan fingerprint density at radius 1 is 1.03 bits per heavy atom. The predicted molar refractivity (Wildman–Crippen MR) is 111 cm³/mol. The first-order chi connectivity index (χ1) is 14.0. The van der Waals surface area contributed by atoms with Gasteiger partial charge in [-0.2, -0.15) is 0 Å². The maximum Gasteiger partial charge on any atom is 0.264 e. The van der Waals surface area contributed by atoms with Gasteiger partial charge in [-0.05, 0) is 48.5 Å². The molecule has 0 aliphatic rings. The van der Waals surface area contributed by atoms with E-state index >= 15 is 0 Å². The molecule has 150 valence electrons. The van der Waals surface area contributed by atoms with Crippen molar-refractivity contribution in [1.29, 1.82) is 0 Å². The van der Waals surface area contributed by atoms with E-state index in [0.29, 0.717) is 25.9 Å². The topological polar surface area (TPSA) is 93.2 Å². The van der Waals surface area contributed by atoms with Gasteiger partial charge in [0, 0.05) is 10.7 Å². The van der Waals surface area contributed by atoms with Crippen LogP contribution < -0.4 is 15.4 Å². The highest BCUT2D eigenvalue weighted by molar-refractivity contribution is 8.01. The third kappa shape index (κ3) is 7.00. The van der Waals surface area contributed by atoms with Crippen LogP contribution in [-0.2, 0) is 9.59 Å². The Balaban J connectivity index is 1.41. The SMILES string of the molecule is O=C(CSc1nnc(NC(=O)COc2ccc(Cl)cc2)s1)Nc1ccc(F)cc1. The van der Waals surface area contributed by atoms with E-state index in [9.17, 15) is 14.0 Å². The quantitative estimate of drug-likeness (QED) is 0.395. The van der Waals surface area contributed by atoms with Crippen LogP contribution in [0.5, 0.6) is 5.75 Å². The lowest BCUT2D eigenvalue weighted by molar-refractivity contribution is -0.118. The minimum absolute atomic E-state index is 0.0969. The number of hydrogen-bond donors (Lipinski definition) is 2. The van der Waals surface area contributed by atoms with Crippen LogP contribution in [0.2, 0.25) is 5.02 Å². The maximum absolute atomic E-state index is 12.9. The fraction of sp³-hybridized carbons (Fsp3) is 0.111. The van der Waals surface area contributed by atoms with Crippen LogP contribution in [0.25, 0.3) is 0 Å². The van der Waals surface area contributed by atoms with Gasteiger partial charge in [-0.25, -0.2) is 4.39 Å². The number of ether oxygens (including phenoxy) is 1. The van der Waals surface area contributed by atoms with E-state index in [2.05, 4.69) is 20.8 Å². The number of aromatic nitrogens is 2. The van der Waals surface area contributed by atoms with Crippen molar-refractivity contribution < 1.29 is 18.7 Å². The zero-order valence-corrected chi connectivity index (χ0v) is 17.1. The van der Waals surface area contributed by atoms with Crippen molar-refractivity contribution in [2.24, 2.45) is 0 Å². The van der Waals surface area contributed by atoms with E-state index in [0.717, 1.165) is 11.3 Å². The number of carbonyl (C=O) groups is 2. The summed E-state index contributed by atoms with van der Waals surface area (Å²) in [7, 11) is 0. The Morgan fingerprint density at radius 2 is 1.76 bits per heavy atom. The summed E-state index contributed by atoms with van der Waals surface area (Å²) in [5.41, 5.74) is 0.503. The molecule has 0 aliphatic heterocycles. The Kier molecular flexibility index (Phi) is 7.39. The minimum Gasteiger partial charge on any atom is -0.484 e. The molecule has 2 N–H and O–H groups in total. The molecular formula is C18H14ClFN4O3S2. The van der Waals surface area contributed by atoms with Crippen LogP contribution in [0.1, 0.15) is 0 Å². The number of carbonyl (C=O) groups excluding carboxylic acids is 2. The van der Waals surface area contributed by atoms with Gasteiger partial charge in [-0.3, -0.25) is 14.9 Å². The molecule has 0 saturated carbocycles. The van der Waals surface area contributed by atoms with Gasteiger partial charge in [0.1, 0.15) is 11.6 Å². The molecular weight excluding hydrogens is 439 g/mol. The highest BCUT2D eigenvalue weighted by Gasteiger charge is 2.11. The summed E-state index contributed by atoms with van der Waals surface area (Å²) >= 11 is 8.10. The molecule has 0 spiro atoms. The summed E-state index contributed by atoms with van der Waals surface area (Å²) in [6, 6.07) is 12.1. The average Bonchev–Trinajstić information content (AvgIpc) is 3.15. The third-order valence-electron chi connectivity index (χ3n) is 3.29. The van der Waals surface area contributed by atoms with E-state index in [1.54, 1.807) is 24.3 Å². The van der Waals surface area contributed by atoms with Gasteiger partial charge in [0.2, 0.25) is 11.0 Å². The largest absolute Gasteiger partial charge is 0.484 e. The Hall–Kier alpha value is -2.69. The molecule has 0 fully saturated rings. The molecule has 0 aliphatic carbocycles. The van der Waals surface area contributed by atoms with E-state index < -0.39 is 0 Å². The first kappa shape index (κ1) is 21.0. The average molecular weight is 453 g/mol. The highest BCUT2D eigenvalue weighted by atomic mass is 35.5. The number of amides is 2. The molecule has 1 heterocycles. The normalized spacial score (nSPS) is 10.4. The molecule has 3 aromatic rings. The summed E-state index contributed by atoms with van der Waals surface area (Å²) < 4.78 is 18.7. The number of rotatable bonds is 8.